The molecule has 1 atom stereocenters. The molecular formula is C15H19Cl2NO3. The van der Waals surface area contributed by atoms with Crippen molar-refractivity contribution >= 4 is 29.1 Å². The van der Waals surface area contributed by atoms with Gasteiger partial charge in [-0.25, -0.2) is 0 Å². The van der Waals surface area contributed by atoms with Crippen LogP contribution in [-0.2, 0) is 11.3 Å². The number of hydrogen-bond donors (Lipinski definition) is 0. The lowest BCUT2D eigenvalue weighted by molar-refractivity contribution is -0.133. The molecule has 0 spiro atoms. The fourth-order valence-corrected chi connectivity index (χ4v) is 2.74. The molecule has 21 heavy (non-hydrogen) atoms. The Hall–Kier alpha value is -1.13. The first-order valence-corrected chi connectivity index (χ1v) is 7.56. The summed E-state index contributed by atoms with van der Waals surface area (Å²) in [6.07, 6.45) is 0.525. The van der Waals surface area contributed by atoms with Crippen molar-refractivity contribution in [2.75, 3.05) is 20.8 Å². The van der Waals surface area contributed by atoms with Crippen molar-refractivity contribution in [3.63, 3.8) is 0 Å². The Morgan fingerprint density at radius 1 is 1.33 bits per heavy atom. The van der Waals surface area contributed by atoms with Crippen molar-refractivity contribution in [3.8, 4) is 11.5 Å². The maximum absolute atomic E-state index is 12.3. The molecule has 0 aliphatic heterocycles. The molecule has 0 aromatic heterocycles. The number of alkyl halides is 2. The van der Waals surface area contributed by atoms with Crippen molar-refractivity contribution in [3.05, 3.63) is 23.8 Å². The summed E-state index contributed by atoms with van der Waals surface area (Å²) in [5, 5.41) is 0. The number of amides is 1. The number of ether oxygens (including phenoxy) is 2. The molecular weight excluding hydrogens is 313 g/mol. The highest BCUT2D eigenvalue weighted by Crippen LogP contribution is 2.54. The van der Waals surface area contributed by atoms with Gasteiger partial charge < -0.3 is 14.4 Å². The lowest BCUT2D eigenvalue weighted by atomic mass is 10.1. The Morgan fingerprint density at radius 2 is 1.95 bits per heavy atom. The highest BCUT2D eigenvalue weighted by Gasteiger charge is 2.57. The van der Waals surface area contributed by atoms with Gasteiger partial charge in [-0.05, 0) is 31.0 Å². The summed E-state index contributed by atoms with van der Waals surface area (Å²) < 4.78 is 9.59. The maximum atomic E-state index is 12.3. The second-order valence-corrected chi connectivity index (χ2v) is 6.60. The minimum atomic E-state index is -0.887. The molecule has 0 heterocycles. The van der Waals surface area contributed by atoms with Gasteiger partial charge in [0, 0.05) is 13.1 Å². The average molecular weight is 332 g/mol. The van der Waals surface area contributed by atoms with Crippen LogP contribution in [0.3, 0.4) is 0 Å². The van der Waals surface area contributed by atoms with Crippen molar-refractivity contribution < 1.29 is 14.3 Å². The second-order valence-electron chi connectivity index (χ2n) is 5.06. The Morgan fingerprint density at radius 3 is 2.43 bits per heavy atom. The number of carbonyl (C=O) groups excluding carboxylic acids is 1. The van der Waals surface area contributed by atoms with Gasteiger partial charge in [-0.3, -0.25) is 4.79 Å². The molecule has 1 unspecified atom stereocenters. The Kier molecular flexibility index (Phi) is 4.89. The molecule has 2 rings (SSSR count). The third-order valence-corrected chi connectivity index (χ3v) is 4.47. The molecule has 0 saturated heterocycles. The van der Waals surface area contributed by atoms with Crippen molar-refractivity contribution in [2.45, 2.75) is 24.2 Å². The first kappa shape index (κ1) is 16.2. The third-order valence-electron chi connectivity index (χ3n) is 3.64. The van der Waals surface area contributed by atoms with Gasteiger partial charge in [-0.1, -0.05) is 6.07 Å². The molecule has 0 radical (unpaired) electrons. The summed E-state index contributed by atoms with van der Waals surface area (Å²) in [6, 6.07) is 5.62. The summed E-state index contributed by atoms with van der Waals surface area (Å²) in [5.74, 6) is 1.02. The normalized spacial score (nSPS) is 19.0. The highest BCUT2D eigenvalue weighted by molar-refractivity contribution is 6.52. The largest absolute Gasteiger partial charge is 0.493 e. The van der Waals surface area contributed by atoms with Gasteiger partial charge >= 0.3 is 0 Å². The van der Waals surface area contributed by atoms with E-state index in [4.69, 9.17) is 32.7 Å². The fraction of sp³-hybridized carbons (Fsp3) is 0.533. The van der Waals surface area contributed by atoms with E-state index >= 15 is 0 Å². The molecule has 0 bridgehead atoms. The topological polar surface area (TPSA) is 38.8 Å². The summed E-state index contributed by atoms with van der Waals surface area (Å²) in [7, 11) is 3.18. The molecule has 1 aliphatic rings. The lowest BCUT2D eigenvalue weighted by Crippen LogP contribution is -2.32. The number of benzene rings is 1. The Bertz CT molecular complexity index is 534. The van der Waals surface area contributed by atoms with E-state index in [0.717, 1.165) is 5.56 Å². The number of methoxy groups -OCH3 is 2. The quantitative estimate of drug-likeness (QED) is 0.751. The zero-order valence-corrected chi connectivity index (χ0v) is 13.9. The molecule has 116 valence electrons. The average Bonchev–Trinajstić information content (AvgIpc) is 3.12. The van der Waals surface area contributed by atoms with E-state index in [2.05, 4.69) is 0 Å². The van der Waals surface area contributed by atoms with Crippen molar-refractivity contribution in [1.29, 1.82) is 0 Å². The molecule has 1 aliphatic carbocycles. The number of hydrogen-bond acceptors (Lipinski definition) is 3. The van der Waals surface area contributed by atoms with Crippen LogP contribution in [0.15, 0.2) is 18.2 Å². The first-order valence-electron chi connectivity index (χ1n) is 6.80. The molecule has 1 aromatic carbocycles. The van der Waals surface area contributed by atoms with E-state index in [1.165, 1.54) is 0 Å². The first-order chi connectivity index (χ1) is 9.92. The van der Waals surface area contributed by atoms with E-state index in [9.17, 15) is 4.79 Å². The van der Waals surface area contributed by atoms with E-state index in [-0.39, 0.29) is 11.8 Å². The van der Waals surface area contributed by atoms with Gasteiger partial charge in [0.1, 0.15) is 4.33 Å². The fourth-order valence-electron chi connectivity index (χ4n) is 2.25. The molecule has 1 fully saturated rings. The molecule has 1 aromatic rings. The standard InChI is InChI=1S/C15H19Cl2NO3/c1-4-18(14(19)11-8-15(11,16)17)9-10-5-6-12(20-2)13(7-10)21-3/h5-7,11H,4,8-9H2,1-3H3. The van der Waals surface area contributed by atoms with Crippen LogP contribution < -0.4 is 9.47 Å². The summed E-state index contributed by atoms with van der Waals surface area (Å²) >= 11 is 11.9. The number of halogens is 2. The van der Waals surface area contributed by atoms with Crippen LogP contribution >= 0.6 is 23.2 Å². The predicted octanol–water partition coefficient (Wildman–Crippen LogP) is 3.25. The summed E-state index contributed by atoms with van der Waals surface area (Å²) in [4.78, 5) is 14.1. The van der Waals surface area contributed by atoms with Gasteiger partial charge in [-0.15, -0.1) is 23.2 Å². The predicted molar refractivity (Wildman–Crippen MR) is 83.2 cm³/mol. The van der Waals surface area contributed by atoms with E-state index in [0.29, 0.717) is 31.0 Å². The van der Waals surface area contributed by atoms with Gasteiger partial charge in [0.25, 0.3) is 0 Å². The van der Waals surface area contributed by atoms with Crippen molar-refractivity contribution in [1.82, 2.24) is 4.90 Å². The summed E-state index contributed by atoms with van der Waals surface area (Å²) in [6.45, 7) is 3.04. The number of rotatable bonds is 6. The lowest BCUT2D eigenvalue weighted by Gasteiger charge is -2.22. The smallest absolute Gasteiger partial charge is 0.229 e. The van der Waals surface area contributed by atoms with E-state index < -0.39 is 4.33 Å². The van der Waals surface area contributed by atoms with Crippen LogP contribution in [0.2, 0.25) is 0 Å². The monoisotopic (exact) mass is 331 g/mol. The van der Waals surface area contributed by atoms with Gasteiger partial charge in [-0.2, -0.15) is 0 Å². The van der Waals surface area contributed by atoms with Crippen LogP contribution in [0.5, 0.6) is 11.5 Å². The highest BCUT2D eigenvalue weighted by atomic mass is 35.5. The van der Waals surface area contributed by atoms with E-state index in [1.54, 1.807) is 19.1 Å². The third kappa shape index (κ3) is 3.55. The molecule has 6 heteroatoms. The van der Waals surface area contributed by atoms with Crippen LogP contribution in [-0.4, -0.2) is 35.9 Å². The SMILES string of the molecule is CCN(Cc1ccc(OC)c(OC)c1)C(=O)C1CC1(Cl)Cl. The Labute approximate surface area is 134 Å². The van der Waals surface area contributed by atoms with Gasteiger partial charge in [0.2, 0.25) is 5.91 Å². The molecule has 1 saturated carbocycles. The number of carbonyl (C=O) groups is 1. The van der Waals surface area contributed by atoms with Crippen LogP contribution in [0.1, 0.15) is 18.9 Å². The second kappa shape index (κ2) is 6.32. The minimum Gasteiger partial charge on any atom is -0.493 e. The van der Waals surface area contributed by atoms with Crippen LogP contribution in [0, 0.1) is 5.92 Å². The van der Waals surface area contributed by atoms with Crippen molar-refractivity contribution in [2.24, 2.45) is 5.92 Å². The van der Waals surface area contributed by atoms with Gasteiger partial charge in [0.15, 0.2) is 11.5 Å². The molecule has 0 N–H and O–H groups in total. The maximum Gasteiger partial charge on any atom is 0.229 e. The van der Waals surface area contributed by atoms with E-state index in [1.807, 2.05) is 25.1 Å². The number of nitrogens with zero attached hydrogens (tertiary/aromatic N) is 1. The molecule has 4 nitrogen and oxygen atoms in total. The summed E-state index contributed by atoms with van der Waals surface area (Å²) in [5.41, 5.74) is 0.971. The van der Waals surface area contributed by atoms with Crippen LogP contribution in [0.25, 0.3) is 0 Å². The zero-order valence-electron chi connectivity index (χ0n) is 12.4. The van der Waals surface area contributed by atoms with Gasteiger partial charge in [0.05, 0.1) is 20.1 Å². The minimum absolute atomic E-state index is 0.00251. The Balaban J connectivity index is 2.10. The van der Waals surface area contributed by atoms with Crippen LogP contribution in [0.4, 0.5) is 0 Å². The zero-order chi connectivity index (χ0) is 15.6. The molecule has 1 amide bonds.